The lowest BCUT2D eigenvalue weighted by atomic mass is 10.2. The number of rotatable bonds is 6. The van der Waals surface area contributed by atoms with Gasteiger partial charge in [-0.1, -0.05) is 23.4 Å². The van der Waals surface area contributed by atoms with Gasteiger partial charge in [0, 0.05) is 16.5 Å². The number of nitrogens with one attached hydrogen (secondary N) is 3. The second-order valence-corrected chi connectivity index (χ2v) is 8.13. The van der Waals surface area contributed by atoms with Crippen LogP contribution >= 0.6 is 0 Å². The number of hydrogen-bond donors (Lipinski definition) is 3. The molecule has 0 saturated carbocycles. The van der Waals surface area contributed by atoms with Gasteiger partial charge in [-0.05, 0) is 60.7 Å². The number of aromatic nitrogens is 5. The molecule has 3 aromatic carbocycles. The van der Waals surface area contributed by atoms with E-state index < -0.39 is 11.7 Å². The van der Waals surface area contributed by atoms with Crippen molar-refractivity contribution in [3.8, 4) is 34.5 Å². The Morgan fingerprint density at radius 3 is 2.35 bits per heavy atom. The summed E-state index contributed by atoms with van der Waals surface area (Å²) in [5, 5.41) is 15.4. The lowest BCUT2D eigenvalue weighted by molar-refractivity contribution is -0.137. The van der Waals surface area contributed by atoms with Crippen molar-refractivity contribution in [2.24, 2.45) is 0 Å². The highest BCUT2D eigenvalue weighted by Gasteiger charge is 2.30. The first-order valence-electron chi connectivity index (χ1n) is 11.1. The molecule has 0 aliphatic carbocycles. The first-order valence-corrected chi connectivity index (χ1v) is 11.1. The Bertz CT molecular complexity index is 1630. The van der Waals surface area contributed by atoms with Crippen LogP contribution in [0.15, 0.2) is 89.6 Å². The fraction of sp³-hybridized carbons (Fsp3) is 0.0385. The largest absolute Gasteiger partial charge is 0.457 e. The SMILES string of the molecule is FC(F)(F)c1ccc(Oc2ccc(-c3noc(-c4[nH]ncc4Nc4cc5ccccc5[nH]4)n3)cc2)cc1. The molecule has 11 heteroatoms. The molecule has 0 unspecified atom stereocenters. The Balaban J connectivity index is 1.17. The summed E-state index contributed by atoms with van der Waals surface area (Å²) in [6.45, 7) is 0. The summed E-state index contributed by atoms with van der Waals surface area (Å²) < 4.78 is 49.3. The van der Waals surface area contributed by atoms with Gasteiger partial charge in [0.25, 0.3) is 5.89 Å². The van der Waals surface area contributed by atoms with E-state index in [0.29, 0.717) is 28.5 Å². The molecule has 184 valence electrons. The van der Waals surface area contributed by atoms with Crippen LogP contribution < -0.4 is 10.1 Å². The van der Waals surface area contributed by atoms with Crippen LogP contribution in [0.4, 0.5) is 24.7 Å². The van der Waals surface area contributed by atoms with Gasteiger partial charge in [-0.3, -0.25) is 5.10 Å². The molecular formula is C26H17F3N6O2. The number of fused-ring (bicyclic) bond motifs is 1. The van der Waals surface area contributed by atoms with Crippen molar-refractivity contribution in [2.75, 3.05) is 5.32 Å². The maximum Gasteiger partial charge on any atom is 0.416 e. The van der Waals surface area contributed by atoms with Crippen molar-refractivity contribution < 1.29 is 22.4 Å². The molecule has 3 aromatic heterocycles. The predicted octanol–water partition coefficient (Wildman–Crippen LogP) is 7.16. The van der Waals surface area contributed by atoms with E-state index in [9.17, 15) is 13.2 Å². The number of anilines is 2. The molecule has 6 aromatic rings. The number of nitrogens with zero attached hydrogens (tertiary/aromatic N) is 3. The quantitative estimate of drug-likeness (QED) is 0.223. The molecule has 0 atom stereocenters. The number of alkyl halides is 3. The number of para-hydroxylation sites is 1. The molecule has 37 heavy (non-hydrogen) atoms. The normalized spacial score (nSPS) is 11.6. The van der Waals surface area contributed by atoms with Gasteiger partial charge in [0.05, 0.1) is 17.4 Å². The van der Waals surface area contributed by atoms with Crippen molar-refractivity contribution in [2.45, 2.75) is 6.18 Å². The van der Waals surface area contributed by atoms with Crippen molar-refractivity contribution in [1.82, 2.24) is 25.3 Å². The standard InChI is InChI=1S/C26H17F3N6O2/c27-26(28,29)17-7-11-19(12-8-17)36-18-9-5-15(6-10-18)24-33-25(37-35-24)23-21(14-30-34-23)32-22-13-16-3-1-2-4-20(16)31-22/h1-14,31-32H,(H,30,34). The Morgan fingerprint density at radius 2 is 1.62 bits per heavy atom. The van der Waals surface area contributed by atoms with Crippen LogP contribution in [0.3, 0.4) is 0 Å². The number of ether oxygens (including phenoxy) is 1. The van der Waals surface area contributed by atoms with Crippen LogP contribution in [0.1, 0.15) is 5.56 Å². The minimum atomic E-state index is -4.40. The summed E-state index contributed by atoms with van der Waals surface area (Å²) in [4.78, 5) is 7.76. The summed E-state index contributed by atoms with van der Waals surface area (Å²) in [7, 11) is 0. The summed E-state index contributed by atoms with van der Waals surface area (Å²) in [5.41, 5.74) is 2.11. The minimum Gasteiger partial charge on any atom is -0.457 e. The second-order valence-electron chi connectivity index (χ2n) is 8.13. The zero-order valence-corrected chi connectivity index (χ0v) is 18.9. The van der Waals surface area contributed by atoms with Gasteiger partial charge in [0.15, 0.2) is 0 Å². The molecule has 0 aliphatic heterocycles. The van der Waals surface area contributed by atoms with E-state index in [1.807, 2.05) is 30.3 Å². The van der Waals surface area contributed by atoms with Gasteiger partial charge in [0.1, 0.15) is 23.0 Å². The fourth-order valence-electron chi connectivity index (χ4n) is 3.79. The Hall–Kier alpha value is -5.06. The van der Waals surface area contributed by atoms with E-state index in [1.54, 1.807) is 30.5 Å². The summed E-state index contributed by atoms with van der Waals surface area (Å²) >= 11 is 0. The highest BCUT2D eigenvalue weighted by Crippen LogP contribution is 2.33. The third kappa shape index (κ3) is 4.61. The topological polar surface area (TPSA) is 105 Å². The van der Waals surface area contributed by atoms with Crippen LogP contribution in [-0.2, 0) is 6.18 Å². The molecular weight excluding hydrogens is 485 g/mol. The molecule has 6 rings (SSSR count). The van der Waals surface area contributed by atoms with E-state index in [4.69, 9.17) is 9.26 Å². The first kappa shape index (κ1) is 22.4. The predicted molar refractivity (Wildman–Crippen MR) is 130 cm³/mol. The average molecular weight is 502 g/mol. The number of halogens is 3. The van der Waals surface area contributed by atoms with E-state index in [2.05, 4.69) is 30.6 Å². The highest BCUT2D eigenvalue weighted by atomic mass is 19.4. The van der Waals surface area contributed by atoms with Crippen molar-refractivity contribution >= 4 is 22.4 Å². The van der Waals surface area contributed by atoms with Crippen molar-refractivity contribution in [1.29, 1.82) is 0 Å². The van der Waals surface area contributed by atoms with E-state index in [1.165, 1.54) is 12.1 Å². The number of benzene rings is 3. The van der Waals surface area contributed by atoms with Crippen LogP contribution in [0.2, 0.25) is 0 Å². The number of aromatic amines is 2. The van der Waals surface area contributed by atoms with Crippen LogP contribution in [0.5, 0.6) is 11.5 Å². The van der Waals surface area contributed by atoms with Gasteiger partial charge < -0.3 is 19.6 Å². The fourth-order valence-corrected chi connectivity index (χ4v) is 3.79. The van der Waals surface area contributed by atoms with Gasteiger partial charge in [0.2, 0.25) is 5.82 Å². The smallest absolute Gasteiger partial charge is 0.416 e. The Morgan fingerprint density at radius 1 is 0.892 bits per heavy atom. The monoisotopic (exact) mass is 502 g/mol. The maximum absolute atomic E-state index is 12.7. The third-order valence-corrected chi connectivity index (χ3v) is 5.61. The Labute approximate surface area is 207 Å². The third-order valence-electron chi connectivity index (χ3n) is 5.61. The molecule has 0 saturated heterocycles. The van der Waals surface area contributed by atoms with E-state index >= 15 is 0 Å². The molecule has 3 heterocycles. The number of H-pyrrole nitrogens is 2. The van der Waals surface area contributed by atoms with Gasteiger partial charge in [-0.2, -0.15) is 23.3 Å². The Kier molecular flexibility index (Phi) is 5.37. The molecule has 0 spiro atoms. The first-order chi connectivity index (χ1) is 17.9. The highest BCUT2D eigenvalue weighted by molar-refractivity contribution is 5.85. The van der Waals surface area contributed by atoms with Crippen molar-refractivity contribution in [3.63, 3.8) is 0 Å². The van der Waals surface area contributed by atoms with E-state index in [0.717, 1.165) is 28.9 Å². The molecule has 0 aliphatic rings. The molecule has 0 fully saturated rings. The second kappa shape index (κ2) is 8.86. The summed E-state index contributed by atoms with van der Waals surface area (Å²) in [5.74, 6) is 2.12. The van der Waals surface area contributed by atoms with Gasteiger partial charge >= 0.3 is 6.18 Å². The lowest BCUT2D eigenvalue weighted by Crippen LogP contribution is -2.03. The summed E-state index contributed by atoms with van der Waals surface area (Å²) in [6.07, 6.45) is -2.77. The van der Waals surface area contributed by atoms with Crippen LogP contribution in [0.25, 0.3) is 33.9 Å². The lowest BCUT2D eigenvalue weighted by Gasteiger charge is -2.09. The van der Waals surface area contributed by atoms with Crippen LogP contribution in [0, 0.1) is 0 Å². The molecule has 3 N–H and O–H groups in total. The maximum atomic E-state index is 12.7. The molecule has 0 amide bonds. The van der Waals surface area contributed by atoms with E-state index in [-0.39, 0.29) is 11.6 Å². The summed E-state index contributed by atoms with van der Waals surface area (Å²) in [6, 6.07) is 21.2. The molecule has 8 nitrogen and oxygen atoms in total. The average Bonchev–Trinajstić information content (AvgIpc) is 3.64. The van der Waals surface area contributed by atoms with Crippen LogP contribution in [-0.4, -0.2) is 25.3 Å². The zero-order valence-electron chi connectivity index (χ0n) is 18.9. The van der Waals surface area contributed by atoms with Gasteiger partial charge in [-0.15, -0.1) is 0 Å². The van der Waals surface area contributed by atoms with Crippen molar-refractivity contribution in [3.05, 3.63) is 90.6 Å². The number of hydrogen-bond acceptors (Lipinski definition) is 6. The minimum absolute atomic E-state index is 0.246. The molecule has 0 bridgehead atoms. The van der Waals surface area contributed by atoms with Gasteiger partial charge in [-0.25, -0.2) is 0 Å². The molecule has 0 radical (unpaired) electrons. The zero-order chi connectivity index (χ0) is 25.4.